The van der Waals surface area contributed by atoms with Crippen molar-refractivity contribution in [3.63, 3.8) is 0 Å². The molecule has 5 nitrogen and oxygen atoms in total. The molecule has 0 atom stereocenters. The Labute approximate surface area is 64.3 Å². The first-order valence-electron chi connectivity index (χ1n) is 3.48. The van der Waals surface area contributed by atoms with Gasteiger partial charge in [0.2, 0.25) is 5.91 Å². The molecule has 0 aromatic heterocycles. The van der Waals surface area contributed by atoms with Crippen LogP contribution in [0.1, 0.15) is 6.42 Å². The van der Waals surface area contributed by atoms with E-state index in [0.29, 0.717) is 19.5 Å². The molecular weight excluding hydrogens is 146 g/mol. The Kier molecular flexibility index (Phi) is 2.30. The van der Waals surface area contributed by atoms with Gasteiger partial charge in [-0.2, -0.15) is 0 Å². The molecule has 0 spiro atoms. The monoisotopic (exact) mass is 157 g/mol. The summed E-state index contributed by atoms with van der Waals surface area (Å²) in [5, 5.41) is 5.16. The second-order valence-electron chi connectivity index (χ2n) is 2.63. The van der Waals surface area contributed by atoms with Gasteiger partial charge in [-0.05, 0) is 0 Å². The third kappa shape index (κ3) is 2.45. The number of primary amides is 1. The van der Waals surface area contributed by atoms with Gasteiger partial charge in [-0.3, -0.25) is 4.79 Å². The Balaban J connectivity index is 2.28. The van der Waals surface area contributed by atoms with E-state index in [1.165, 1.54) is 0 Å². The molecule has 0 saturated carbocycles. The number of hydrogen-bond donors (Lipinski definition) is 3. The molecule has 62 valence electrons. The van der Waals surface area contributed by atoms with Gasteiger partial charge < -0.3 is 16.4 Å². The van der Waals surface area contributed by atoms with Crippen LogP contribution >= 0.6 is 0 Å². The lowest BCUT2D eigenvalue weighted by Crippen LogP contribution is -2.48. The topological polar surface area (TPSA) is 84.2 Å². The van der Waals surface area contributed by atoms with E-state index >= 15 is 0 Å². The summed E-state index contributed by atoms with van der Waals surface area (Å²) in [7, 11) is 0. The van der Waals surface area contributed by atoms with Crippen molar-refractivity contribution >= 4 is 11.9 Å². The van der Waals surface area contributed by atoms with Gasteiger partial charge in [0, 0.05) is 25.4 Å². The number of hydrogen-bond acceptors (Lipinski definition) is 2. The first kappa shape index (κ1) is 7.84. The molecule has 4 N–H and O–H groups in total. The first-order valence-corrected chi connectivity index (χ1v) is 3.48. The molecule has 1 rings (SSSR count). The molecule has 1 aliphatic rings. The lowest BCUT2D eigenvalue weighted by molar-refractivity contribution is -0.118. The zero-order valence-corrected chi connectivity index (χ0v) is 6.09. The molecule has 11 heavy (non-hydrogen) atoms. The molecule has 0 aliphatic carbocycles. The van der Waals surface area contributed by atoms with Crippen LogP contribution in [-0.2, 0) is 4.79 Å². The van der Waals surface area contributed by atoms with Crippen molar-refractivity contribution in [1.29, 1.82) is 0 Å². The highest BCUT2D eigenvalue weighted by Crippen LogP contribution is 2.01. The summed E-state index contributed by atoms with van der Waals surface area (Å²) in [5.74, 6) is -0.182. The van der Waals surface area contributed by atoms with Crippen LogP contribution in [0.3, 0.4) is 0 Å². The minimum absolute atomic E-state index is 0.144. The molecule has 1 saturated heterocycles. The van der Waals surface area contributed by atoms with Crippen LogP contribution in [0.15, 0.2) is 0 Å². The van der Waals surface area contributed by atoms with Crippen LogP contribution in [-0.4, -0.2) is 25.0 Å². The van der Waals surface area contributed by atoms with E-state index in [2.05, 4.69) is 10.6 Å². The fraction of sp³-hybridized carbons (Fsp3) is 0.667. The number of carbonyl (C=O) groups is 2. The molecule has 0 radical (unpaired) electrons. The minimum atomic E-state index is -0.326. The summed E-state index contributed by atoms with van der Waals surface area (Å²) in [6, 6.07) is -0.175. The Morgan fingerprint density at radius 3 is 2.55 bits per heavy atom. The number of nitrogens with two attached hydrogens (primary N) is 1. The van der Waals surface area contributed by atoms with Crippen molar-refractivity contribution in [2.75, 3.05) is 13.1 Å². The van der Waals surface area contributed by atoms with E-state index in [9.17, 15) is 9.59 Å². The highest BCUT2D eigenvalue weighted by molar-refractivity contribution is 5.76. The van der Waals surface area contributed by atoms with Crippen molar-refractivity contribution in [2.24, 2.45) is 11.7 Å². The predicted octanol–water partition coefficient (Wildman–Crippen LogP) is -1.21. The molecule has 0 aromatic carbocycles. The van der Waals surface area contributed by atoms with E-state index in [1.807, 2.05) is 0 Å². The Hall–Kier alpha value is -1.26. The maximum absolute atomic E-state index is 10.6. The minimum Gasteiger partial charge on any atom is -0.370 e. The molecule has 0 unspecified atom stereocenters. The van der Waals surface area contributed by atoms with Gasteiger partial charge in [0.25, 0.3) is 0 Å². The number of nitrogens with one attached hydrogen (secondary N) is 2. The summed E-state index contributed by atoms with van der Waals surface area (Å²) in [5.41, 5.74) is 4.98. The number of rotatable bonds is 2. The highest BCUT2D eigenvalue weighted by Gasteiger charge is 2.18. The maximum atomic E-state index is 10.6. The Morgan fingerprint density at radius 2 is 2.09 bits per heavy atom. The van der Waals surface area contributed by atoms with Crippen LogP contribution in [0.25, 0.3) is 0 Å². The van der Waals surface area contributed by atoms with Gasteiger partial charge >= 0.3 is 6.03 Å². The van der Waals surface area contributed by atoms with E-state index in [0.717, 1.165) is 0 Å². The smallest absolute Gasteiger partial charge is 0.314 e. The van der Waals surface area contributed by atoms with Crippen molar-refractivity contribution in [2.45, 2.75) is 6.42 Å². The van der Waals surface area contributed by atoms with Gasteiger partial charge in [0.15, 0.2) is 0 Å². The predicted molar refractivity (Wildman–Crippen MR) is 38.7 cm³/mol. The van der Waals surface area contributed by atoms with Crippen LogP contribution in [0.5, 0.6) is 0 Å². The zero-order valence-electron chi connectivity index (χ0n) is 6.09. The van der Waals surface area contributed by atoms with Gasteiger partial charge in [0.05, 0.1) is 0 Å². The first-order chi connectivity index (χ1) is 5.18. The Morgan fingerprint density at radius 1 is 1.55 bits per heavy atom. The van der Waals surface area contributed by atoms with Gasteiger partial charge in [-0.25, -0.2) is 4.79 Å². The third-order valence-corrected chi connectivity index (χ3v) is 1.59. The summed E-state index contributed by atoms with van der Waals surface area (Å²) < 4.78 is 0. The summed E-state index contributed by atoms with van der Waals surface area (Å²) in [6.07, 6.45) is 0.327. The SMILES string of the molecule is NC(=O)CC1CNC(=O)NC1. The second kappa shape index (κ2) is 3.23. The fourth-order valence-electron chi connectivity index (χ4n) is 1.04. The van der Waals surface area contributed by atoms with Crippen LogP contribution < -0.4 is 16.4 Å². The van der Waals surface area contributed by atoms with Crippen molar-refractivity contribution in [3.8, 4) is 0 Å². The standard InChI is InChI=1S/C6H11N3O2/c7-5(10)1-4-2-8-6(11)9-3-4/h4H,1-3H2,(H2,7,10)(H2,8,9,11). The lowest BCUT2D eigenvalue weighted by atomic mass is 10.0. The lowest BCUT2D eigenvalue weighted by Gasteiger charge is -2.22. The van der Waals surface area contributed by atoms with E-state index in [1.54, 1.807) is 0 Å². The summed E-state index contributed by atoms with van der Waals surface area (Å²) in [6.45, 7) is 1.07. The number of amides is 3. The highest BCUT2D eigenvalue weighted by atomic mass is 16.2. The molecule has 0 aromatic rings. The van der Waals surface area contributed by atoms with Crippen LogP contribution in [0.2, 0.25) is 0 Å². The molecule has 3 amide bonds. The molecule has 1 aliphatic heterocycles. The van der Waals surface area contributed by atoms with Crippen molar-refractivity contribution in [3.05, 3.63) is 0 Å². The van der Waals surface area contributed by atoms with Gasteiger partial charge in [-0.15, -0.1) is 0 Å². The van der Waals surface area contributed by atoms with Gasteiger partial charge in [-0.1, -0.05) is 0 Å². The quantitative estimate of drug-likeness (QED) is 0.470. The molecule has 1 heterocycles. The molecule has 5 heteroatoms. The average Bonchev–Trinajstić information content (AvgIpc) is 1.93. The van der Waals surface area contributed by atoms with Crippen molar-refractivity contribution < 1.29 is 9.59 Å². The van der Waals surface area contributed by atoms with E-state index in [-0.39, 0.29) is 17.9 Å². The fourth-order valence-corrected chi connectivity index (χ4v) is 1.04. The third-order valence-electron chi connectivity index (χ3n) is 1.59. The summed E-state index contributed by atoms with van der Waals surface area (Å²) in [4.78, 5) is 21.0. The van der Waals surface area contributed by atoms with Crippen molar-refractivity contribution in [1.82, 2.24) is 10.6 Å². The normalized spacial score (nSPS) is 18.7. The number of urea groups is 1. The summed E-state index contributed by atoms with van der Waals surface area (Å²) >= 11 is 0. The van der Waals surface area contributed by atoms with Crippen LogP contribution in [0, 0.1) is 5.92 Å². The Bertz CT molecular complexity index is 171. The van der Waals surface area contributed by atoms with E-state index < -0.39 is 0 Å². The largest absolute Gasteiger partial charge is 0.370 e. The average molecular weight is 157 g/mol. The maximum Gasteiger partial charge on any atom is 0.314 e. The molecule has 0 bridgehead atoms. The zero-order chi connectivity index (χ0) is 8.27. The van der Waals surface area contributed by atoms with Crippen LogP contribution in [0.4, 0.5) is 4.79 Å². The second-order valence-corrected chi connectivity index (χ2v) is 2.63. The van der Waals surface area contributed by atoms with E-state index in [4.69, 9.17) is 5.73 Å². The number of carbonyl (C=O) groups excluding carboxylic acids is 2. The van der Waals surface area contributed by atoms with Gasteiger partial charge in [0.1, 0.15) is 0 Å². The molecule has 1 fully saturated rings. The molecular formula is C6H11N3O2.